The van der Waals surface area contributed by atoms with E-state index in [-0.39, 0.29) is 13.2 Å². The topological polar surface area (TPSA) is 46.5 Å². The van der Waals surface area contributed by atoms with Crippen LogP contribution in [0.3, 0.4) is 0 Å². The summed E-state index contributed by atoms with van der Waals surface area (Å²) in [6.45, 7) is 2.07. The molecule has 0 aliphatic carbocycles. The van der Waals surface area contributed by atoms with E-state index in [1.165, 1.54) is 0 Å². The third kappa shape index (κ3) is 2.44. The molecule has 0 fully saturated rings. The van der Waals surface area contributed by atoms with Crippen LogP contribution in [-0.4, -0.2) is 24.5 Å². The maximum Gasteiger partial charge on any atom is 0.225 e. The summed E-state index contributed by atoms with van der Waals surface area (Å²) in [5.41, 5.74) is 1.13. The van der Waals surface area contributed by atoms with Crippen molar-refractivity contribution in [2.24, 2.45) is 0 Å². The van der Waals surface area contributed by atoms with Crippen molar-refractivity contribution in [3.63, 3.8) is 0 Å². The van der Waals surface area contributed by atoms with E-state index < -0.39 is 7.37 Å². The van der Waals surface area contributed by atoms with Gasteiger partial charge in [0, 0.05) is 6.16 Å². The van der Waals surface area contributed by atoms with Crippen molar-refractivity contribution in [1.29, 1.82) is 0 Å². The van der Waals surface area contributed by atoms with E-state index in [1.807, 2.05) is 6.92 Å². The summed E-state index contributed by atoms with van der Waals surface area (Å²) in [5, 5.41) is 8.44. The number of allylic oxidation sites excluding steroid dienone is 1. The normalized spacial score (nSPS) is 30.5. The van der Waals surface area contributed by atoms with E-state index >= 15 is 0 Å². The Labute approximate surface area is 66.5 Å². The van der Waals surface area contributed by atoms with Gasteiger partial charge in [0.1, 0.15) is 0 Å². The van der Waals surface area contributed by atoms with Gasteiger partial charge >= 0.3 is 0 Å². The van der Waals surface area contributed by atoms with Crippen molar-refractivity contribution in [3.8, 4) is 0 Å². The third-order valence-electron chi connectivity index (χ3n) is 1.64. The molecule has 0 radical (unpaired) electrons. The Bertz CT molecular complexity index is 210. The molecule has 3 nitrogen and oxygen atoms in total. The lowest BCUT2D eigenvalue weighted by Crippen LogP contribution is -1.96. The summed E-state index contributed by atoms with van der Waals surface area (Å²) < 4.78 is 16.6. The second-order valence-corrected chi connectivity index (χ2v) is 5.15. The Morgan fingerprint density at radius 3 is 3.00 bits per heavy atom. The van der Waals surface area contributed by atoms with Gasteiger partial charge in [-0.1, -0.05) is 5.57 Å². The standard InChI is InChI=1S/C7H13O3P/c1-7-2-5-11(9,6-7)10-4-3-8/h6,8H,2-5H2,1H3. The second-order valence-electron chi connectivity index (χ2n) is 2.73. The minimum absolute atomic E-state index is 0.0587. The molecular weight excluding hydrogens is 163 g/mol. The molecule has 0 bridgehead atoms. The van der Waals surface area contributed by atoms with Crippen LogP contribution in [0.4, 0.5) is 0 Å². The first-order valence-corrected chi connectivity index (χ1v) is 5.57. The molecule has 1 atom stereocenters. The highest BCUT2D eigenvalue weighted by molar-refractivity contribution is 7.62. The van der Waals surface area contributed by atoms with Gasteiger partial charge in [-0.2, -0.15) is 0 Å². The first kappa shape index (κ1) is 8.98. The molecule has 64 valence electrons. The van der Waals surface area contributed by atoms with E-state index in [0.717, 1.165) is 12.0 Å². The summed E-state index contributed by atoms with van der Waals surface area (Å²) in [4.78, 5) is 0. The van der Waals surface area contributed by atoms with Crippen molar-refractivity contribution in [2.75, 3.05) is 19.4 Å². The predicted molar refractivity (Wildman–Crippen MR) is 43.9 cm³/mol. The SMILES string of the molecule is CC1=CP(=O)(OCCO)CC1. The molecule has 11 heavy (non-hydrogen) atoms. The average molecular weight is 176 g/mol. The zero-order chi connectivity index (χ0) is 8.32. The highest BCUT2D eigenvalue weighted by atomic mass is 31.2. The van der Waals surface area contributed by atoms with Crippen LogP contribution in [0, 0.1) is 0 Å². The van der Waals surface area contributed by atoms with Gasteiger partial charge < -0.3 is 9.63 Å². The minimum Gasteiger partial charge on any atom is -0.394 e. The van der Waals surface area contributed by atoms with Crippen molar-refractivity contribution in [1.82, 2.24) is 0 Å². The van der Waals surface area contributed by atoms with Crippen LogP contribution in [0.1, 0.15) is 13.3 Å². The Balaban J connectivity index is 2.49. The van der Waals surface area contributed by atoms with Gasteiger partial charge in [-0.15, -0.1) is 0 Å². The quantitative estimate of drug-likeness (QED) is 0.664. The molecule has 1 aliphatic heterocycles. The smallest absolute Gasteiger partial charge is 0.225 e. The lowest BCUT2D eigenvalue weighted by molar-refractivity contribution is 0.205. The molecule has 1 unspecified atom stereocenters. The molecule has 0 aromatic carbocycles. The van der Waals surface area contributed by atoms with E-state index in [9.17, 15) is 4.57 Å². The fraction of sp³-hybridized carbons (Fsp3) is 0.714. The van der Waals surface area contributed by atoms with Crippen LogP contribution in [0.25, 0.3) is 0 Å². The zero-order valence-corrected chi connectivity index (χ0v) is 7.51. The largest absolute Gasteiger partial charge is 0.394 e. The van der Waals surface area contributed by atoms with Gasteiger partial charge in [0.25, 0.3) is 0 Å². The monoisotopic (exact) mass is 176 g/mol. The van der Waals surface area contributed by atoms with Crippen LogP contribution >= 0.6 is 7.37 Å². The molecule has 1 aliphatic rings. The lowest BCUT2D eigenvalue weighted by Gasteiger charge is -2.07. The van der Waals surface area contributed by atoms with Crippen LogP contribution < -0.4 is 0 Å². The fourth-order valence-corrected chi connectivity index (χ4v) is 3.28. The number of aliphatic hydroxyl groups is 1. The van der Waals surface area contributed by atoms with E-state index in [0.29, 0.717) is 6.16 Å². The summed E-state index contributed by atoms with van der Waals surface area (Å²) in [6, 6.07) is 0. The van der Waals surface area contributed by atoms with Gasteiger partial charge in [0.15, 0.2) is 0 Å². The molecule has 1 N–H and O–H groups in total. The number of hydrogen-bond acceptors (Lipinski definition) is 3. The predicted octanol–water partition coefficient (Wildman–Crippen LogP) is 1.58. The van der Waals surface area contributed by atoms with Crippen LogP contribution in [0.15, 0.2) is 11.4 Å². The number of rotatable bonds is 3. The summed E-state index contributed by atoms with van der Waals surface area (Å²) >= 11 is 0. The second kappa shape index (κ2) is 3.53. The molecule has 4 heteroatoms. The van der Waals surface area contributed by atoms with E-state index in [1.54, 1.807) is 5.82 Å². The lowest BCUT2D eigenvalue weighted by atomic mass is 10.3. The van der Waals surface area contributed by atoms with E-state index in [4.69, 9.17) is 9.63 Å². The van der Waals surface area contributed by atoms with Crippen molar-refractivity contribution in [2.45, 2.75) is 13.3 Å². The maximum absolute atomic E-state index is 11.6. The summed E-state index contributed by atoms with van der Waals surface area (Å²) in [7, 11) is -2.46. The highest BCUT2D eigenvalue weighted by Crippen LogP contribution is 2.54. The van der Waals surface area contributed by atoms with Crippen LogP contribution in [0.2, 0.25) is 0 Å². The Hall–Kier alpha value is -0.110. The highest BCUT2D eigenvalue weighted by Gasteiger charge is 2.25. The summed E-state index contributed by atoms with van der Waals surface area (Å²) in [5.74, 6) is 1.71. The number of hydrogen-bond donors (Lipinski definition) is 1. The maximum atomic E-state index is 11.6. The first-order chi connectivity index (χ1) is 5.16. The molecular formula is C7H13O3P. The minimum atomic E-state index is -2.46. The third-order valence-corrected chi connectivity index (χ3v) is 3.94. The molecule has 0 aromatic rings. The van der Waals surface area contributed by atoms with Crippen molar-refractivity contribution < 1.29 is 14.2 Å². The molecule has 1 heterocycles. The van der Waals surface area contributed by atoms with Crippen LogP contribution in [0.5, 0.6) is 0 Å². The molecule has 0 amide bonds. The number of aliphatic hydroxyl groups excluding tert-OH is 1. The first-order valence-electron chi connectivity index (χ1n) is 3.69. The van der Waals surface area contributed by atoms with Gasteiger partial charge in [0.05, 0.1) is 13.2 Å². The van der Waals surface area contributed by atoms with E-state index in [2.05, 4.69) is 0 Å². The van der Waals surface area contributed by atoms with Crippen LogP contribution in [-0.2, 0) is 9.09 Å². The Morgan fingerprint density at radius 1 is 1.82 bits per heavy atom. The molecule has 0 saturated heterocycles. The zero-order valence-electron chi connectivity index (χ0n) is 6.62. The average Bonchev–Trinajstić information content (AvgIpc) is 2.28. The Kier molecular flexibility index (Phi) is 2.88. The molecule has 0 spiro atoms. The van der Waals surface area contributed by atoms with Crippen molar-refractivity contribution >= 4 is 7.37 Å². The summed E-state index contributed by atoms with van der Waals surface area (Å²) in [6.07, 6.45) is 1.47. The van der Waals surface area contributed by atoms with Gasteiger partial charge in [-0.3, -0.25) is 4.57 Å². The molecule has 0 aromatic heterocycles. The Morgan fingerprint density at radius 2 is 2.55 bits per heavy atom. The fourth-order valence-electron chi connectivity index (χ4n) is 1.09. The molecule has 1 rings (SSSR count). The van der Waals surface area contributed by atoms with Gasteiger partial charge in [-0.25, -0.2) is 0 Å². The van der Waals surface area contributed by atoms with Gasteiger partial charge in [-0.05, 0) is 19.2 Å². The molecule has 0 saturated carbocycles. The van der Waals surface area contributed by atoms with Crippen molar-refractivity contribution in [3.05, 3.63) is 11.4 Å². The van der Waals surface area contributed by atoms with Gasteiger partial charge in [0.2, 0.25) is 7.37 Å².